The van der Waals surface area contributed by atoms with E-state index in [1.807, 2.05) is 6.07 Å². The van der Waals surface area contributed by atoms with Crippen molar-refractivity contribution in [3.63, 3.8) is 0 Å². The number of nitrogens with one attached hydrogen (secondary N) is 2. The lowest BCUT2D eigenvalue weighted by molar-refractivity contribution is -0.121. The second kappa shape index (κ2) is 10.0. The van der Waals surface area contributed by atoms with E-state index in [1.54, 1.807) is 18.2 Å². The fourth-order valence-corrected chi connectivity index (χ4v) is 5.18. The van der Waals surface area contributed by atoms with Gasteiger partial charge in [-0.15, -0.1) is 0 Å². The lowest BCUT2D eigenvalue weighted by atomic mass is 9.84. The van der Waals surface area contributed by atoms with Crippen LogP contribution in [0.15, 0.2) is 35.0 Å². The van der Waals surface area contributed by atoms with Crippen molar-refractivity contribution in [2.45, 2.75) is 44.6 Å². The van der Waals surface area contributed by atoms with E-state index in [4.69, 9.17) is 16.0 Å². The third-order valence-corrected chi connectivity index (χ3v) is 7.08. The number of amides is 2. The van der Waals surface area contributed by atoms with Crippen LogP contribution in [-0.4, -0.2) is 45.8 Å². The first kappa shape index (κ1) is 23.3. The van der Waals surface area contributed by atoms with Gasteiger partial charge in [0.05, 0.1) is 10.4 Å². The van der Waals surface area contributed by atoms with Crippen LogP contribution in [0.5, 0.6) is 0 Å². The number of carbonyl (C=O) groups is 2. The third kappa shape index (κ3) is 4.85. The summed E-state index contributed by atoms with van der Waals surface area (Å²) in [5.74, 6) is -0.793. The largest absolute Gasteiger partial charge is 0.448 e. The molecule has 9 nitrogen and oxygen atoms in total. The molecule has 1 saturated heterocycles. The van der Waals surface area contributed by atoms with E-state index < -0.39 is 5.91 Å². The molecular formula is C25H25ClN6O3. The molecule has 2 N–H and O–H groups in total. The number of likely N-dealkylation sites (tertiary alicyclic amines) is 1. The zero-order valence-electron chi connectivity index (χ0n) is 19.1. The number of hydrogen-bond acceptors (Lipinski definition) is 7. The molecule has 3 aromatic rings. The van der Waals surface area contributed by atoms with E-state index in [1.165, 1.54) is 25.2 Å². The van der Waals surface area contributed by atoms with Gasteiger partial charge in [0.1, 0.15) is 23.2 Å². The topological polar surface area (TPSA) is 124 Å². The molecule has 3 aromatic heterocycles. The summed E-state index contributed by atoms with van der Waals surface area (Å²) in [5.41, 5.74) is 0.518. The smallest absolute Gasteiger partial charge is 0.294 e. The highest BCUT2D eigenvalue weighted by Gasteiger charge is 2.32. The predicted molar refractivity (Wildman–Crippen MR) is 131 cm³/mol. The number of furan rings is 1. The second-order valence-corrected chi connectivity index (χ2v) is 9.44. The normalized spacial score (nSPS) is 20.5. The highest BCUT2D eigenvalue weighted by Crippen LogP contribution is 2.35. The predicted octanol–water partition coefficient (Wildman–Crippen LogP) is 4.59. The molecule has 10 heteroatoms. The number of hydrogen-bond donors (Lipinski definition) is 2. The molecule has 2 aliphatic rings. The van der Waals surface area contributed by atoms with Gasteiger partial charge in [-0.05, 0) is 69.8 Å². The molecule has 1 aliphatic heterocycles. The van der Waals surface area contributed by atoms with Crippen molar-refractivity contribution >= 4 is 45.9 Å². The van der Waals surface area contributed by atoms with Crippen molar-refractivity contribution in [3.05, 3.63) is 47.1 Å². The Bertz CT molecular complexity index is 1290. The maximum absolute atomic E-state index is 13.3. The van der Waals surface area contributed by atoms with Crippen LogP contribution >= 0.6 is 11.6 Å². The average molecular weight is 493 g/mol. The SMILES string of the molecule is N#Cc1nccc2oc(C(=O)Nc3ccc(Cl)cn3)c(NC(=O)[C@H]3CC[C@H](N4CCCC4)CC3)c12. The molecule has 5 rings (SSSR count). The lowest BCUT2D eigenvalue weighted by Crippen LogP contribution is -2.38. The molecule has 2 amide bonds. The maximum Gasteiger partial charge on any atom is 0.294 e. The third-order valence-electron chi connectivity index (χ3n) is 6.86. The lowest BCUT2D eigenvalue weighted by Gasteiger charge is -2.33. The van der Waals surface area contributed by atoms with Gasteiger partial charge in [0.2, 0.25) is 11.7 Å². The van der Waals surface area contributed by atoms with Gasteiger partial charge in [0.25, 0.3) is 5.91 Å². The molecular weight excluding hydrogens is 468 g/mol. The van der Waals surface area contributed by atoms with E-state index in [2.05, 4.69) is 25.5 Å². The Balaban J connectivity index is 1.39. The van der Waals surface area contributed by atoms with E-state index in [-0.39, 0.29) is 34.8 Å². The summed E-state index contributed by atoms with van der Waals surface area (Å²) in [5, 5.41) is 15.9. The first-order chi connectivity index (χ1) is 17.0. The number of nitriles is 1. The van der Waals surface area contributed by atoms with Crippen LogP contribution in [0.2, 0.25) is 5.02 Å². The highest BCUT2D eigenvalue weighted by atomic mass is 35.5. The molecule has 0 radical (unpaired) electrons. The number of nitrogens with zero attached hydrogens (tertiary/aromatic N) is 4. The Labute approximate surface area is 207 Å². The first-order valence-electron chi connectivity index (χ1n) is 11.8. The minimum absolute atomic E-state index is 0.0722. The van der Waals surface area contributed by atoms with Gasteiger partial charge in [-0.25, -0.2) is 9.97 Å². The van der Waals surface area contributed by atoms with Crippen molar-refractivity contribution in [1.29, 1.82) is 5.26 Å². The molecule has 1 aliphatic carbocycles. The fourth-order valence-electron chi connectivity index (χ4n) is 5.07. The van der Waals surface area contributed by atoms with Gasteiger partial charge >= 0.3 is 0 Å². The quantitative estimate of drug-likeness (QED) is 0.533. The molecule has 0 aromatic carbocycles. The maximum atomic E-state index is 13.3. The summed E-state index contributed by atoms with van der Waals surface area (Å²) < 4.78 is 5.79. The number of fused-ring (bicyclic) bond motifs is 1. The Morgan fingerprint density at radius 2 is 1.86 bits per heavy atom. The van der Waals surface area contributed by atoms with Gasteiger partial charge in [-0.2, -0.15) is 5.26 Å². The van der Waals surface area contributed by atoms with Crippen LogP contribution in [-0.2, 0) is 4.79 Å². The Kier molecular flexibility index (Phi) is 6.66. The zero-order valence-corrected chi connectivity index (χ0v) is 19.8. The number of aromatic nitrogens is 2. The number of rotatable bonds is 5. The highest BCUT2D eigenvalue weighted by molar-refractivity contribution is 6.30. The average Bonchev–Trinajstić information content (AvgIpc) is 3.54. The van der Waals surface area contributed by atoms with Crippen molar-refractivity contribution in [2.24, 2.45) is 5.92 Å². The van der Waals surface area contributed by atoms with Crippen molar-refractivity contribution in [1.82, 2.24) is 14.9 Å². The van der Waals surface area contributed by atoms with E-state index >= 15 is 0 Å². The summed E-state index contributed by atoms with van der Waals surface area (Å²) in [6, 6.07) is 7.28. The fraction of sp³-hybridized carbons (Fsp3) is 0.400. The van der Waals surface area contributed by atoms with Crippen LogP contribution in [0.1, 0.15) is 54.8 Å². The van der Waals surface area contributed by atoms with Crippen LogP contribution in [0.4, 0.5) is 11.5 Å². The molecule has 180 valence electrons. The van der Waals surface area contributed by atoms with Gasteiger partial charge in [-0.1, -0.05) is 11.6 Å². The second-order valence-electron chi connectivity index (χ2n) is 9.00. The molecule has 0 unspecified atom stereocenters. The van der Waals surface area contributed by atoms with E-state index in [0.717, 1.165) is 38.8 Å². The summed E-state index contributed by atoms with van der Waals surface area (Å²) in [6.07, 6.45) is 8.85. The summed E-state index contributed by atoms with van der Waals surface area (Å²) in [7, 11) is 0. The molecule has 0 atom stereocenters. The number of carbonyl (C=O) groups excluding carboxylic acids is 2. The minimum atomic E-state index is -0.604. The zero-order chi connectivity index (χ0) is 24.4. The molecule has 0 spiro atoms. The van der Waals surface area contributed by atoms with Crippen molar-refractivity contribution < 1.29 is 14.0 Å². The number of anilines is 2. The molecule has 2 fully saturated rings. The molecule has 35 heavy (non-hydrogen) atoms. The van der Waals surface area contributed by atoms with Gasteiger partial charge < -0.3 is 20.0 Å². The first-order valence-corrected chi connectivity index (χ1v) is 12.2. The Morgan fingerprint density at radius 1 is 1.09 bits per heavy atom. The minimum Gasteiger partial charge on any atom is -0.448 e. The Hall–Kier alpha value is -3.48. The van der Waals surface area contributed by atoms with Gasteiger partial charge in [-0.3, -0.25) is 9.59 Å². The summed E-state index contributed by atoms with van der Waals surface area (Å²) in [6.45, 7) is 2.29. The Morgan fingerprint density at radius 3 is 2.54 bits per heavy atom. The van der Waals surface area contributed by atoms with Crippen molar-refractivity contribution in [2.75, 3.05) is 23.7 Å². The number of halogens is 1. The molecule has 1 saturated carbocycles. The summed E-state index contributed by atoms with van der Waals surface area (Å²) >= 11 is 5.87. The van der Waals surface area contributed by atoms with Gasteiger partial charge in [0.15, 0.2) is 5.69 Å². The van der Waals surface area contributed by atoms with Gasteiger partial charge in [0, 0.05) is 24.4 Å². The monoisotopic (exact) mass is 492 g/mol. The van der Waals surface area contributed by atoms with E-state index in [9.17, 15) is 14.9 Å². The van der Waals surface area contributed by atoms with Crippen LogP contribution in [0.3, 0.4) is 0 Å². The van der Waals surface area contributed by atoms with Crippen LogP contribution in [0, 0.1) is 17.2 Å². The molecule has 0 bridgehead atoms. The van der Waals surface area contributed by atoms with Crippen LogP contribution in [0.25, 0.3) is 11.0 Å². The van der Waals surface area contributed by atoms with E-state index in [0.29, 0.717) is 22.0 Å². The number of pyridine rings is 2. The van der Waals surface area contributed by atoms with Crippen molar-refractivity contribution in [3.8, 4) is 6.07 Å². The standard InChI is InChI=1S/C25H25ClN6O3/c26-16-5-8-20(29-14-16)30-25(34)23-22(21-18(13-27)28-10-9-19(21)35-23)31-24(33)15-3-6-17(7-4-15)32-11-1-2-12-32/h5,8-10,14-15,17H,1-4,6-7,11-12H2,(H,31,33)(H,29,30,34)/t15-,17-. The summed E-state index contributed by atoms with van der Waals surface area (Å²) in [4.78, 5) is 37.1. The van der Waals surface area contributed by atoms with Crippen LogP contribution < -0.4 is 10.6 Å². The molecule has 4 heterocycles.